The Labute approximate surface area is 419 Å². The minimum atomic E-state index is -1.21. The maximum Gasteiger partial charge on any atom is 0.324 e. The zero-order valence-electron chi connectivity index (χ0n) is 42.4. The van der Waals surface area contributed by atoms with Crippen molar-refractivity contribution < 1.29 is 38.6 Å². The first-order valence-electron chi connectivity index (χ1n) is 24.1. The summed E-state index contributed by atoms with van der Waals surface area (Å²) in [4.78, 5) is 82.1. The normalized spacial score (nSPS) is 18.3. The molecule has 18 heteroatoms. The molecule has 2 aliphatic heterocycles. The molecule has 1 saturated heterocycles. The maximum atomic E-state index is 14.8. The third kappa shape index (κ3) is 12.0. The van der Waals surface area contributed by atoms with Gasteiger partial charge < -0.3 is 39.6 Å². The molecule has 0 aliphatic carbocycles. The Bertz CT molecular complexity index is 2820. The molecule has 4 amide bonds. The summed E-state index contributed by atoms with van der Waals surface area (Å²) in [5.41, 5.74) is 9.41. The zero-order valence-corrected chi connectivity index (χ0v) is 43.2. The van der Waals surface area contributed by atoms with Gasteiger partial charge in [0.05, 0.1) is 30.3 Å². The number of nitrogens with zero attached hydrogens (tertiary/aromatic N) is 6. The van der Waals surface area contributed by atoms with Gasteiger partial charge in [0.1, 0.15) is 28.9 Å². The van der Waals surface area contributed by atoms with E-state index in [0.717, 1.165) is 50.3 Å². The van der Waals surface area contributed by atoms with E-state index in [9.17, 15) is 29.1 Å². The number of phenols is 1. The molecule has 0 saturated carbocycles. The minimum Gasteiger partial charge on any atom is -0.508 e. The van der Waals surface area contributed by atoms with Gasteiger partial charge in [-0.15, -0.1) is 0 Å². The van der Waals surface area contributed by atoms with Gasteiger partial charge in [-0.3, -0.25) is 34.0 Å². The number of carbonyl (C=O) groups excluding carboxylic acids is 5. The Hall–Kier alpha value is -6.47. The third-order valence-electron chi connectivity index (χ3n) is 13.0. The van der Waals surface area contributed by atoms with Gasteiger partial charge in [-0.2, -0.15) is 0 Å². The summed E-state index contributed by atoms with van der Waals surface area (Å²) in [7, 11) is 6.94. The molecule has 17 nitrogen and oxygen atoms in total. The van der Waals surface area contributed by atoms with E-state index in [1.807, 2.05) is 44.1 Å². The minimum absolute atomic E-state index is 0.0286. The number of rotatable bonds is 13. The average Bonchev–Trinajstić information content (AvgIpc) is 3.92. The van der Waals surface area contributed by atoms with Crippen LogP contribution in [0.1, 0.15) is 87.1 Å². The van der Waals surface area contributed by atoms with Crippen LogP contribution >= 0.6 is 11.3 Å². The number of thiazole rings is 1. The lowest BCUT2D eigenvalue weighted by Crippen LogP contribution is -2.62. The fourth-order valence-corrected chi connectivity index (χ4v) is 10.3. The molecular formula is C53H67N9O8S. The molecule has 7 rings (SSSR count). The van der Waals surface area contributed by atoms with Gasteiger partial charge in [0.15, 0.2) is 5.01 Å². The summed E-state index contributed by atoms with van der Waals surface area (Å²) in [5, 5.41) is 19.8. The van der Waals surface area contributed by atoms with E-state index in [0.29, 0.717) is 48.5 Å². The number of hydrogen-bond acceptors (Lipinski definition) is 13. The number of methoxy groups -OCH3 is 1. The smallest absolute Gasteiger partial charge is 0.324 e. The number of hydrogen-bond donors (Lipinski definition) is 4. The molecule has 5 heterocycles. The lowest BCUT2D eigenvalue weighted by molar-refractivity contribution is -0.155. The van der Waals surface area contributed by atoms with Crippen LogP contribution in [0.15, 0.2) is 73.1 Å². The standard InChI is InChI=1S/C53H67N9O8S/c1-11-61-42-19-18-34-27-38(42)39(47(61)37-15-12-20-54-45(37)32(4)69-10)28-53(5,6)30-70-52(68)40-16-13-22-62(58-40)50(66)41(25-33-23-35(34)26-36(63)24-33)56-48(65)46(31(2)3)60(9)51(67)49-55-29-44(71-49)57-43(64)17-14-21-59(7)8/h12,14-15,17-20,23-24,26-27,29,31-32,40-41,46,58,63H,11,13,16,21-22,25,28,30H2,1-10H3,(H,56,65)(H,57,64)/b17-14+/t32-,40-,41-,46-/m0/s1. The van der Waals surface area contributed by atoms with Crippen molar-refractivity contribution in [3.05, 3.63) is 94.9 Å². The topological polar surface area (TPSA) is 201 Å². The lowest BCUT2D eigenvalue weighted by atomic mass is 9.84. The van der Waals surface area contributed by atoms with Crippen LogP contribution < -0.4 is 16.1 Å². The van der Waals surface area contributed by atoms with E-state index in [1.165, 1.54) is 29.2 Å². The van der Waals surface area contributed by atoms with Crippen molar-refractivity contribution in [2.45, 2.75) is 98.0 Å². The number of cyclic esters (lactones) is 1. The van der Waals surface area contributed by atoms with Crippen LogP contribution in [-0.4, -0.2) is 130 Å². The van der Waals surface area contributed by atoms with Gasteiger partial charge in [0.25, 0.3) is 11.8 Å². The number of aryl methyl sites for hydroxylation is 1. The number of benzene rings is 2. The average molecular weight is 990 g/mol. The second-order valence-corrected chi connectivity index (χ2v) is 20.9. The molecule has 0 radical (unpaired) electrons. The summed E-state index contributed by atoms with van der Waals surface area (Å²) in [6, 6.07) is 12.3. The summed E-state index contributed by atoms with van der Waals surface area (Å²) >= 11 is 0.984. The third-order valence-corrected chi connectivity index (χ3v) is 13.9. The quantitative estimate of drug-likeness (QED) is 0.0715. The van der Waals surface area contributed by atoms with E-state index in [1.54, 1.807) is 45.4 Å². The summed E-state index contributed by atoms with van der Waals surface area (Å²) in [6.45, 7) is 13.4. The van der Waals surface area contributed by atoms with Crippen molar-refractivity contribution in [1.82, 2.24) is 40.1 Å². The van der Waals surface area contributed by atoms with Crippen LogP contribution in [0.2, 0.25) is 0 Å². The van der Waals surface area contributed by atoms with Gasteiger partial charge >= 0.3 is 5.97 Å². The van der Waals surface area contributed by atoms with Crippen LogP contribution in [0.4, 0.5) is 5.00 Å². The first kappa shape index (κ1) is 52.4. The molecule has 0 unspecified atom stereocenters. The highest BCUT2D eigenvalue weighted by Gasteiger charge is 2.38. The highest BCUT2D eigenvalue weighted by Crippen LogP contribution is 2.42. The fourth-order valence-electron chi connectivity index (χ4n) is 9.49. The Balaban J connectivity index is 1.26. The number of aromatic hydroxyl groups is 1. The number of esters is 1. The molecule has 6 bridgehead atoms. The number of pyridine rings is 1. The molecule has 378 valence electrons. The molecule has 0 spiro atoms. The van der Waals surface area contributed by atoms with Crippen molar-refractivity contribution in [3.63, 3.8) is 0 Å². The lowest BCUT2D eigenvalue weighted by Gasteiger charge is -2.36. The predicted octanol–water partition coefficient (Wildman–Crippen LogP) is 6.76. The second kappa shape index (κ2) is 22.3. The summed E-state index contributed by atoms with van der Waals surface area (Å²) in [5.74, 6) is -2.95. The molecule has 4 N–H and O–H groups in total. The van der Waals surface area contributed by atoms with Gasteiger partial charge in [0.2, 0.25) is 11.8 Å². The van der Waals surface area contributed by atoms with E-state index in [4.69, 9.17) is 14.5 Å². The van der Waals surface area contributed by atoms with E-state index in [2.05, 4.69) is 64.6 Å². The first-order valence-corrected chi connectivity index (χ1v) is 25.0. The predicted molar refractivity (Wildman–Crippen MR) is 274 cm³/mol. The number of carbonyl (C=O) groups is 5. The highest BCUT2D eigenvalue weighted by atomic mass is 32.1. The van der Waals surface area contributed by atoms with E-state index >= 15 is 0 Å². The maximum absolute atomic E-state index is 14.8. The fraction of sp³-hybridized carbons (Fsp3) is 0.453. The molecule has 1 fully saturated rings. The monoisotopic (exact) mass is 989 g/mol. The first-order chi connectivity index (χ1) is 33.8. The van der Waals surface area contributed by atoms with E-state index < -0.39 is 53.1 Å². The van der Waals surface area contributed by atoms with Crippen LogP contribution in [0.5, 0.6) is 5.75 Å². The molecule has 71 heavy (non-hydrogen) atoms. The number of nitrogens with one attached hydrogen (secondary N) is 3. The van der Waals surface area contributed by atoms with Gasteiger partial charge in [-0.25, -0.2) is 10.4 Å². The van der Waals surface area contributed by atoms with Crippen molar-refractivity contribution in [2.24, 2.45) is 11.3 Å². The van der Waals surface area contributed by atoms with Crippen LogP contribution in [0.25, 0.3) is 33.3 Å². The molecule has 2 aromatic carbocycles. The molecule has 3 aromatic heterocycles. The molecular weight excluding hydrogens is 923 g/mol. The van der Waals surface area contributed by atoms with Gasteiger partial charge in [-0.05, 0) is 112 Å². The summed E-state index contributed by atoms with van der Waals surface area (Å²) in [6.07, 6.45) is 7.40. The highest BCUT2D eigenvalue weighted by molar-refractivity contribution is 7.17. The Morgan fingerprint density at radius 3 is 2.56 bits per heavy atom. The summed E-state index contributed by atoms with van der Waals surface area (Å²) < 4.78 is 14.2. The van der Waals surface area contributed by atoms with Crippen molar-refractivity contribution in [1.29, 1.82) is 0 Å². The molecule has 2 aliphatic rings. The van der Waals surface area contributed by atoms with Crippen molar-refractivity contribution in [2.75, 3.05) is 53.3 Å². The van der Waals surface area contributed by atoms with E-state index in [-0.39, 0.29) is 42.3 Å². The van der Waals surface area contributed by atoms with Crippen molar-refractivity contribution in [3.8, 4) is 28.1 Å². The van der Waals surface area contributed by atoms with Gasteiger partial charge in [-0.1, -0.05) is 57.2 Å². The second-order valence-electron chi connectivity index (χ2n) is 19.8. The van der Waals surface area contributed by atoms with Gasteiger partial charge in [0, 0.05) is 74.4 Å². The number of phenolic OH excluding ortho intramolecular Hbond substituents is 1. The van der Waals surface area contributed by atoms with Crippen LogP contribution in [-0.2, 0) is 48.0 Å². The number of fused-ring (bicyclic) bond motifs is 6. The number of amides is 4. The SMILES string of the molecule is CCn1c(-c2cccnc2[C@H](C)OC)c2c3cc(ccc31)-c1cc(O)cc(c1)C[C@H](NC(=O)[C@H](C(C)C)N(C)C(=O)c1ncc(NC(=O)/C=C/CN(C)C)s1)C(=O)N1CCC[C@H](N1)C(=O)OCC(C)(C)C2. The number of anilines is 1. The number of aromatic nitrogens is 3. The van der Waals surface area contributed by atoms with Crippen molar-refractivity contribution >= 4 is 56.8 Å². The number of hydrazine groups is 1. The van der Waals surface area contributed by atoms with Crippen LogP contribution in [0, 0.1) is 11.3 Å². The Morgan fingerprint density at radius 1 is 1.07 bits per heavy atom. The number of ether oxygens (including phenoxy) is 2. The zero-order chi connectivity index (χ0) is 51.3. The number of likely N-dealkylation sites (N-methyl/N-ethyl adjacent to an activating group) is 2. The molecule has 5 aromatic rings. The largest absolute Gasteiger partial charge is 0.508 e. The Morgan fingerprint density at radius 2 is 1.85 bits per heavy atom. The Kier molecular flexibility index (Phi) is 16.4. The van der Waals surface area contributed by atoms with Crippen LogP contribution in [0.3, 0.4) is 0 Å². The molecule has 4 atom stereocenters.